The number of carbonyl (C=O) groups is 2. The highest BCUT2D eigenvalue weighted by atomic mass is 31.2. The molecular weight excluding hydrogens is 667 g/mol. The number of hydrogen-bond donors (Lipinski definition) is 3. The summed E-state index contributed by atoms with van der Waals surface area (Å²) in [5.74, 6) is -0.158. The second-order valence-electron chi connectivity index (χ2n) is 14.0. The Morgan fingerprint density at radius 3 is 1.51 bits per heavy atom. The van der Waals surface area contributed by atoms with Crippen LogP contribution < -0.4 is 0 Å². The predicted molar refractivity (Wildman–Crippen MR) is 208 cm³/mol. The summed E-state index contributed by atoms with van der Waals surface area (Å²) in [6.07, 6.45) is 38.3. The van der Waals surface area contributed by atoms with Crippen LogP contribution in [0.25, 0.3) is 0 Å². The van der Waals surface area contributed by atoms with E-state index in [0.29, 0.717) is 19.3 Å². The Bertz CT molecular complexity index is 997. The van der Waals surface area contributed by atoms with Crippen molar-refractivity contribution in [3.63, 3.8) is 0 Å². The summed E-state index contributed by atoms with van der Waals surface area (Å²) in [7, 11) is -4.77. The largest absolute Gasteiger partial charge is 0.469 e. The zero-order valence-electron chi connectivity index (χ0n) is 32.3. The van der Waals surface area contributed by atoms with Gasteiger partial charge in [-0.2, -0.15) is 0 Å². The lowest BCUT2D eigenvalue weighted by Gasteiger charge is -2.18. The van der Waals surface area contributed by atoms with Crippen LogP contribution in [0, 0.1) is 5.92 Å². The molecule has 0 spiro atoms. The average molecular weight is 741 g/mol. The van der Waals surface area contributed by atoms with Crippen LogP contribution in [-0.4, -0.2) is 52.3 Å². The molecule has 0 rings (SSSR count). The van der Waals surface area contributed by atoms with Crippen molar-refractivity contribution in [2.45, 2.75) is 181 Å². The zero-order chi connectivity index (χ0) is 37.8. The molecule has 0 saturated heterocycles. The van der Waals surface area contributed by atoms with E-state index in [2.05, 4.69) is 60.9 Å². The van der Waals surface area contributed by atoms with Gasteiger partial charge in [0.15, 0.2) is 6.10 Å². The van der Waals surface area contributed by atoms with Crippen molar-refractivity contribution < 1.29 is 43.0 Å². The van der Waals surface area contributed by atoms with Crippen molar-refractivity contribution in [1.82, 2.24) is 0 Å². The van der Waals surface area contributed by atoms with E-state index in [9.17, 15) is 19.3 Å². The number of ether oxygens (including phenoxy) is 2. The van der Waals surface area contributed by atoms with Gasteiger partial charge >= 0.3 is 19.8 Å². The Balaban J connectivity index is 4.04. The minimum atomic E-state index is -4.77. The number of aliphatic hydroxyl groups is 1. The number of hydrogen-bond acceptors (Lipinski definition) is 7. The van der Waals surface area contributed by atoms with Gasteiger partial charge < -0.3 is 24.4 Å². The highest BCUT2D eigenvalue weighted by Gasteiger charge is 2.22. The van der Waals surface area contributed by atoms with Gasteiger partial charge in [-0.3, -0.25) is 14.1 Å². The summed E-state index contributed by atoms with van der Waals surface area (Å²) in [4.78, 5) is 42.7. The molecule has 0 aliphatic carbocycles. The normalized spacial score (nSPS) is 13.7. The molecule has 0 fully saturated rings. The van der Waals surface area contributed by atoms with Crippen LogP contribution in [0.4, 0.5) is 0 Å². The monoisotopic (exact) mass is 740 g/mol. The summed E-state index contributed by atoms with van der Waals surface area (Å²) in [6.45, 7) is 5.51. The van der Waals surface area contributed by atoms with Gasteiger partial charge in [0.1, 0.15) is 6.61 Å². The van der Waals surface area contributed by atoms with Crippen LogP contribution in [0.3, 0.4) is 0 Å². The molecule has 0 aliphatic heterocycles. The number of rotatable bonds is 35. The van der Waals surface area contributed by atoms with Crippen LogP contribution in [0.2, 0.25) is 0 Å². The molecule has 9 nitrogen and oxygen atoms in total. The molecule has 10 heteroatoms. The molecule has 0 bridgehead atoms. The van der Waals surface area contributed by atoms with Gasteiger partial charge in [-0.15, -0.1) is 0 Å². The molecule has 3 N–H and O–H groups in total. The standard InChI is InChI=1S/C41H73O9P/c1-37(2)31-27-23-19-15-11-9-10-14-18-22-26-30-34-41(44)50-39(36-49-51(45,46)47)35-48-40(43)33-29-25-21-17-13-8-6-4-5-7-12-16-20-24-28-32-38(3)42/h5-8,16-17,20-21,37-39,42H,4,9-15,18-19,22-36H2,1-3H3,(H2,45,46,47)/b7-5-,8-6-,20-16-,21-17-/t38-,39-/m1/s1. The predicted octanol–water partition coefficient (Wildman–Crippen LogP) is 10.8. The highest BCUT2D eigenvalue weighted by Crippen LogP contribution is 2.36. The SMILES string of the molecule is CC(C)CCCCCCCCCCCCCCC(=O)O[C@H](COC(=O)CCC/C=C\C/C=C\C/C=C\C/C=C\CCC[C@@H](C)O)COP(=O)(O)O. The van der Waals surface area contributed by atoms with Gasteiger partial charge in [-0.1, -0.05) is 140 Å². The van der Waals surface area contributed by atoms with Gasteiger partial charge in [0, 0.05) is 12.8 Å². The van der Waals surface area contributed by atoms with Crippen molar-refractivity contribution in [1.29, 1.82) is 0 Å². The number of phosphoric acid groups is 1. The Morgan fingerprint density at radius 1 is 0.569 bits per heavy atom. The van der Waals surface area contributed by atoms with Gasteiger partial charge in [0.25, 0.3) is 0 Å². The first kappa shape index (κ1) is 49.0. The fourth-order valence-electron chi connectivity index (χ4n) is 5.33. The van der Waals surface area contributed by atoms with E-state index in [-0.39, 0.29) is 25.6 Å². The maximum atomic E-state index is 12.4. The number of unbranched alkanes of at least 4 members (excludes halogenated alkanes) is 13. The van der Waals surface area contributed by atoms with E-state index in [1.165, 1.54) is 57.8 Å². The molecule has 0 aromatic rings. The molecule has 0 aliphatic rings. The van der Waals surface area contributed by atoms with Gasteiger partial charge in [0.05, 0.1) is 12.7 Å². The molecule has 2 atom stereocenters. The zero-order valence-corrected chi connectivity index (χ0v) is 33.2. The summed E-state index contributed by atoms with van der Waals surface area (Å²) in [5, 5.41) is 9.24. The summed E-state index contributed by atoms with van der Waals surface area (Å²) in [5.41, 5.74) is 0. The molecule has 0 unspecified atom stereocenters. The second kappa shape index (κ2) is 35.0. The first-order valence-electron chi connectivity index (χ1n) is 19.8. The first-order chi connectivity index (χ1) is 24.5. The Morgan fingerprint density at radius 2 is 1.02 bits per heavy atom. The van der Waals surface area contributed by atoms with Crippen LogP contribution in [0.5, 0.6) is 0 Å². The lowest BCUT2D eigenvalue weighted by molar-refractivity contribution is -0.161. The highest BCUT2D eigenvalue weighted by molar-refractivity contribution is 7.46. The Kier molecular flexibility index (Phi) is 33.6. The van der Waals surface area contributed by atoms with E-state index in [4.69, 9.17) is 19.3 Å². The number of carbonyl (C=O) groups excluding carboxylic acids is 2. The number of aliphatic hydroxyl groups excluding tert-OH is 1. The third kappa shape index (κ3) is 40.6. The lowest BCUT2D eigenvalue weighted by Crippen LogP contribution is -2.29. The molecule has 0 saturated carbocycles. The fourth-order valence-corrected chi connectivity index (χ4v) is 5.69. The number of esters is 2. The van der Waals surface area contributed by atoms with E-state index in [1.807, 2.05) is 13.0 Å². The van der Waals surface area contributed by atoms with Gasteiger partial charge in [-0.25, -0.2) is 4.57 Å². The molecule has 0 amide bonds. The summed E-state index contributed by atoms with van der Waals surface area (Å²) >= 11 is 0. The number of phosphoric ester groups is 1. The smallest absolute Gasteiger partial charge is 0.462 e. The lowest BCUT2D eigenvalue weighted by atomic mass is 10.0. The molecule has 51 heavy (non-hydrogen) atoms. The van der Waals surface area contributed by atoms with E-state index >= 15 is 0 Å². The third-order valence-corrected chi connectivity index (χ3v) is 8.78. The van der Waals surface area contributed by atoms with Crippen LogP contribution in [0.1, 0.15) is 168 Å². The maximum Gasteiger partial charge on any atom is 0.469 e. The minimum Gasteiger partial charge on any atom is -0.462 e. The van der Waals surface area contributed by atoms with Crippen molar-refractivity contribution >= 4 is 19.8 Å². The number of allylic oxidation sites excluding steroid dienone is 8. The summed E-state index contributed by atoms with van der Waals surface area (Å²) in [6, 6.07) is 0. The van der Waals surface area contributed by atoms with Crippen LogP contribution in [0.15, 0.2) is 48.6 Å². The van der Waals surface area contributed by atoms with Crippen molar-refractivity contribution in [2.75, 3.05) is 13.2 Å². The van der Waals surface area contributed by atoms with Gasteiger partial charge in [-0.05, 0) is 70.6 Å². The summed E-state index contributed by atoms with van der Waals surface area (Å²) < 4.78 is 26.3. The Hall–Kier alpha value is -2.03. The Labute approximate surface area is 310 Å². The molecule has 0 aromatic heterocycles. The van der Waals surface area contributed by atoms with Crippen LogP contribution in [-0.2, 0) is 28.2 Å². The first-order valence-corrected chi connectivity index (χ1v) is 21.4. The molecule has 0 radical (unpaired) electrons. The quantitative estimate of drug-likeness (QED) is 0.0251. The third-order valence-electron chi connectivity index (χ3n) is 8.30. The van der Waals surface area contributed by atoms with Crippen LogP contribution >= 0.6 is 7.82 Å². The second-order valence-corrected chi connectivity index (χ2v) is 15.3. The average Bonchev–Trinajstić information content (AvgIpc) is 3.06. The van der Waals surface area contributed by atoms with E-state index < -0.39 is 32.5 Å². The molecule has 0 heterocycles. The van der Waals surface area contributed by atoms with Crippen molar-refractivity contribution in [2.24, 2.45) is 5.92 Å². The van der Waals surface area contributed by atoms with Crippen molar-refractivity contribution in [3.8, 4) is 0 Å². The molecule has 296 valence electrons. The van der Waals surface area contributed by atoms with E-state index in [0.717, 1.165) is 63.7 Å². The van der Waals surface area contributed by atoms with Crippen molar-refractivity contribution in [3.05, 3.63) is 48.6 Å². The topological polar surface area (TPSA) is 140 Å². The fraction of sp³-hybridized carbons (Fsp3) is 0.756. The van der Waals surface area contributed by atoms with E-state index in [1.54, 1.807) is 0 Å². The molecular formula is C41H73O9P. The maximum absolute atomic E-state index is 12.4. The molecule has 0 aromatic carbocycles. The minimum absolute atomic E-state index is 0.179. The van der Waals surface area contributed by atoms with Gasteiger partial charge in [0.2, 0.25) is 0 Å².